The van der Waals surface area contributed by atoms with Gasteiger partial charge in [-0.25, -0.2) is 0 Å². The Morgan fingerprint density at radius 1 is 1.23 bits per heavy atom. The first kappa shape index (κ1) is 20.9. The number of hydrogen-bond acceptors (Lipinski definition) is 5. The quantitative estimate of drug-likeness (QED) is 0.542. The minimum Gasteiger partial charge on any atom is -0.495 e. The van der Waals surface area contributed by atoms with Crippen molar-refractivity contribution >= 4 is 28.9 Å². The number of ether oxygens (including phenoxy) is 1. The van der Waals surface area contributed by atoms with E-state index in [9.17, 15) is 4.79 Å². The fraction of sp³-hybridized carbons (Fsp3) is 0.261. The fourth-order valence-corrected chi connectivity index (χ4v) is 4.08. The second-order valence-corrected chi connectivity index (χ2v) is 7.65. The van der Waals surface area contributed by atoms with Gasteiger partial charge in [-0.1, -0.05) is 18.2 Å². The van der Waals surface area contributed by atoms with E-state index in [2.05, 4.69) is 15.6 Å². The summed E-state index contributed by atoms with van der Waals surface area (Å²) in [6.07, 6.45) is 2.01. The smallest absolute Gasteiger partial charge is 0.226 e. The number of carbonyl (C=O) groups excluding carboxylic acids is 1. The molecule has 2 unspecified atom stereocenters. The zero-order chi connectivity index (χ0) is 21.8. The molecule has 1 fully saturated rings. The van der Waals surface area contributed by atoms with E-state index in [1.54, 1.807) is 13.3 Å². The largest absolute Gasteiger partial charge is 0.495 e. The maximum Gasteiger partial charge on any atom is 0.226 e. The molecule has 0 aliphatic carbocycles. The van der Waals surface area contributed by atoms with Crippen molar-refractivity contribution in [1.29, 1.82) is 0 Å². The van der Waals surface area contributed by atoms with E-state index in [-0.39, 0.29) is 24.4 Å². The van der Waals surface area contributed by atoms with Crippen LogP contribution in [-0.2, 0) is 4.79 Å². The fourth-order valence-electron chi connectivity index (χ4n) is 3.75. The van der Waals surface area contributed by atoms with Crippen molar-refractivity contribution in [1.82, 2.24) is 15.2 Å². The molecular formula is C23H24N4O3S. The van der Waals surface area contributed by atoms with E-state index in [1.165, 1.54) is 0 Å². The molecule has 4 rings (SSSR count). The average molecular weight is 437 g/mol. The molecule has 3 aromatic rings. The number of methoxy groups -OCH3 is 1. The highest BCUT2D eigenvalue weighted by Crippen LogP contribution is 2.39. The Bertz CT molecular complexity index is 1070. The van der Waals surface area contributed by atoms with Gasteiger partial charge in [-0.3, -0.25) is 9.78 Å². The molecule has 2 N–H and O–H groups in total. The number of para-hydroxylation sites is 2. The summed E-state index contributed by atoms with van der Waals surface area (Å²) in [7, 11) is 1.58. The van der Waals surface area contributed by atoms with Crippen molar-refractivity contribution in [3.8, 4) is 5.75 Å². The van der Waals surface area contributed by atoms with Crippen LogP contribution < -0.4 is 15.4 Å². The molecule has 1 saturated heterocycles. The molecule has 0 saturated carbocycles. The van der Waals surface area contributed by atoms with Gasteiger partial charge in [0, 0.05) is 19.2 Å². The normalized spacial score (nSPS) is 18.0. The van der Waals surface area contributed by atoms with Crippen LogP contribution in [0.5, 0.6) is 5.75 Å². The van der Waals surface area contributed by atoms with E-state index >= 15 is 0 Å². The molecule has 1 aliphatic heterocycles. The minimum absolute atomic E-state index is 0.122. The van der Waals surface area contributed by atoms with Crippen molar-refractivity contribution in [2.75, 3.05) is 19.0 Å². The summed E-state index contributed by atoms with van der Waals surface area (Å²) in [6.45, 7) is 2.34. The van der Waals surface area contributed by atoms with Gasteiger partial charge >= 0.3 is 0 Å². The molecule has 0 radical (unpaired) electrons. The molecule has 0 spiro atoms. The van der Waals surface area contributed by atoms with Gasteiger partial charge in [-0.05, 0) is 55.5 Å². The Kier molecular flexibility index (Phi) is 6.18. The number of anilines is 1. The van der Waals surface area contributed by atoms with Crippen LogP contribution in [0.4, 0.5) is 5.69 Å². The number of hydrogen-bond donors (Lipinski definition) is 2. The lowest BCUT2D eigenvalue weighted by Gasteiger charge is -2.25. The maximum absolute atomic E-state index is 12.7. The third kappa shape index (κ3) is 4.54. The van der Waals surface area contributed by atoms with Gasteiger partial charge in [0.05, 0.1) is 24.5 Å². The van der Waals surface area contributed by atoms with E-state index in [0.717, 1.165) is 17.2 Å². The van der Waals surface area contributed by atoms with Crippen LogP contribution in [0, 0.1) is 6.92 Å². The van der Waals surface area contributed by atoms with Crippen molar-refractivity contribution < 1.29 is 13.9 Å². The number of benzene rings is 1. The molecule has 2 atom stereocenters. The van der Waals surface area contributed by atoms with Crippen LogP contribution in [0.2, 0.25) is 0 Å². The lowest BCUT2D eigenvalue weighted by Crippen LogP contribution is -2.32. The van der Waals surface area contributed by atoms with Crippen LogP contribution in [-0.4, -0.2) is 34.6 Å². The third-order valence-electron chi connectivity index (χ3n) is 5.21. The summed E-state index contributed by atoms with van der Waals surface area (Å²) in [4.78, 5) is 19.1. The zero-order valence-electron chi connectivity index (χ0n) is 17.4. The molecule has 0 bridgehead atoms. The Labute approximate surface area is 186 Å². The number of furan rings is 1. The SMILES string of the molecule is COc1ccccc1NC(=O)CCN1C(=S)NC(c2ccccn2)C1c1ccc(C)o1. The summed E-state index contributed by atoms with van der Waals surface area (Å²) in [5.74, 6) is 2.10. The van der Waals surface area contributed by atoms with Crippen molar-refractivity contribution in [2.24, 2.45) is 0 Å². The number of rotatable bonds is 7. The Balaban J connectivity index is 1.52. The van der Waals surface area contributed by atoms with Crippen molar-refractivity contribution in [2.45, 2.75) is 25.4 Å². The second-order valence-electron chi connectivity index (χ2n) is 7.27. The Hall–Kier alpha value is -3.39. The Morgan fingerprint density at radius 2 is 2.03 bits per heavy atom. The molecule has 31 heavy (non-hydrogen) atoms. The maximum atomic E-state index is 12.7. The number of nitrogens with one attached hydrogen (secondary N) is 2. The monoisotopic (exact) mass is 436 g/mol. The number of carbonyl (C=O) groups is 1. The predicted octanol–water partition coefficient (Wildman–Crippen LogP) is 3.99. The van der Waals surface area contributed by atoms with Gasteiger partial charge in [-0.2, -0.15) is 0 Å². The second kappa shape index (κ2) is 9.18. The van der Waals surface area contributed by atoms with E-state index in [4.69, 9.17) is 21.4 Å². The van der Waals surface area contributed by atoms with Crippen molar-refractivity contribution in [3.63, 3.8) is 0 Å². The zero-order valence-corrected chi connectivity index (χ0v) is 18.2. The van der Waals surface area contributed by atoms with Crippen LogP contribution in [0.1, 0.15) is 35.7 Å². The van der Waals surface area contributed by atoms with Gasteiger partial charge in [0.1, 0.15) is 23.3 Å². The summed E-state index contributed by atoms with van der Waals surface area (Å²) < 4.78 is 11.3. The van der Waals surface area contributed by atoms with E-state index in [1.807, 2.05) is 66.4 Å². The van der Waals surface area contributed by atoms with Crippen molar-refractivity contribution in [3.05, 3.63) is 78.0 Å². The van der Waals surface area contributed by atoms with Gasteiger partial charge in [0.25, 0.3) is 0 Å². The molecule has 2 aromatic heterocycles. The average Bonchev–Trinajstić information content (AvgIpc) is 3.35. The summed E-state index contributed by atoms with van der Waals surface area (Å²) in [5.41, 5.74) is 1.51. The Morgan fingerprint density at radius 3 is 2.74 bits per heavy atom. The van der Waals surface area contributed by atoms with Crippen LogP contribution in [0.15, 0.2) is 65.2 Å². The molecule has 160 valence electrons. The third-order valence-corrected chi connectivity index (χ3v) is 5.56. The molecule has 7 nitrogen and oxygen atoms in total. The van der Waals surface area contributed by atoms with Gasteiger partial charge < -0.3 is 24.7 Å². The summed E-state index contributed by atoms with van der Waals surface area (Å²) >= 11 is 5.62. The lowest BCUT2D eigenvalue weighted by molar-refractivity contribution is -0.116. The lowest BCUT2D eigenvalue weighted by atomic mass is 10.0. The highest BCUT2D eigenvalue weighted by Gasteiger charge is 2.41. The first-order valence-electron chi connectivity index (χ1n) is 10.0. The molecular weight excluding hydrogens is 412 g/mol. The van der Waals surface area contributed by atoms with Gasteiger partial charge in [0.2, 0.25) is 5.91 Å². The number of pyridine rings is 1. The molecule has 1 aliphatic rings. The molecule has 3 heterocycles. The van der Waals surface area contributed by atoms with Gasteiger partial charge in [-0.15, -0.1) is 0 Å². The molecule has 1 aromatic carbocycles. The van der Waals surface area contributed by atoms with E-state index in [0.29, 0.717) is 23.1 Å². The minimum atomic E-state index is -0.199. The van der Waals surface area contributed by atoms with Gasteiger partial charge in [0.15, 0.2) is 5.11 Å². The predicted molar refractivity (Wildman–Crippen MR) is 122 cm³/mol. The number of amides is 1. The highest BCUT2D eigenvalue weighted by molar-refractivity contribution is 7.80. The number of aromatic nitrogens is 1. The van der Waals surface area contributed by atoms with Crippen LogP contribution in [0.25, 0.3) is 0 Å². The first-order valence-corrected chi connectivity index (χ1v) is 10.4. The standard InChI is InChI=1S/C23H24N4O3S/c1-15-10-11-19(30-15)22-21(17-8-5-6-13-24-17)26-23(31)27(22)14-12-20(28)25-16-7-3-4-9-18(16)29-2/h3-11,13,21-22H,12,14H2,1-2H3,(H,25,28)(H,26,31). The number of nitrogens with zero attached hydrogens (tertiary/aromatic N) is 2. The topological polar surface area (TPSA) is 79.6 Å². The number of aryl methyl sites for hydroxylation is 1. The summed E-state index contributed by atoms with van der Waals surface area (Å²) in [5, 5.41) is 6.83. The van der Waals surface area contributed by atoms with Crippen LogP contribution in [0.3, 0.4) is 0 Å². The number of thiocarbonyl (C=S) groups is 1. The van der Waals surface area contributed by atoms with Crippen LogP contribution >= 0.6 is 12.2 Å². The molecule has 1 amide bonds. The molecule has 8 heteroatoms. The first-order chi connectivity index (χ1) is 15.1. The highest BCUT2D eigenvalue weighted by atomic mass is 32.1. The van der Waals surface area contributed by atoms with E-state index < -0.39 is 0 Å². The summed E-state index contributed by atoms with van der Waals surface area (Å²) in [6, 6.07) is 16.6.